The lowest BCUT2D eigenvalue weighted by Crippen LogP contribution is -2.52. The van der Waals surface area contributed by atoms with E-state index in [2.05, 4.69) is 13.8 Å². The second-order valence-electron chi connectivity index (χ2n) is 10.3. The van der Waals surface area contributed by atoms with E-state index in [1.165, 1.54) is 44.1 Å². The minimum Gasteiger partial charge on any atom is -0.343 e. The molecule has 1 unspecified atom stereocenters. The van der Waals surface area contributed by atoms with Crippen molar-refractivity contribution < 1.29 is 9.59 Å². The molecule has 4 aliphatic rings. The number of hydrogen-bond acceptors (Lipinski definition) is 2. The molecule has 3 nitrogen and oxygen atoms in total. The number of fused-ring (bicyclic) bond motifs is 5. The quantitative estimate of drug-likeness (QED) is 0.655. The lowest BCUT2D eigenvalue weighted by atomic mass is 9.47. The molecule has 6 atom stereocenters. The van der Waals surface area contributed by atoms with Gasteiger partial charge in [0.1, 0.15) is 5.92 Å². The average molecular weight is 372 g/mol. The Kier molecular flexibility index (Phi) is 4.79. The second kappa shape index (κ2) is 6.74. The van der Waals surface area contributed by atoms with Gasteiger partial charge in [0.25, 0.3) is 0 Å². The van der Waals surface area contributed by atoms with Crippen LogP contribution < -0.4 is 0 Å². The molecule has 1 amide bonds. The Balaban J connectivity index is 1.64. The predicted molar refractivity (Wildman–Crippen MR) is 108 cm³/mol. The Hall–Kier alpha value is -1.12. The fraction of sp³-hybridized carbons (Fsp3) is 0.833. The van der Waals surface area contributed by atoms with Gasteiger partial charge in [-0.25, -0.2) is 0 Å². The molecular formula is C24H37NO2. The summed E-state index contributed by atoms with van der Waals surface area (Å²) in [4.78, 5) is 27.7. The molecule has 150 valence electrons. The fourth-order valence-electron chi connectivity index (χ4n) is 7.60. The molecule has 0 radical (unpaired) electrons. The van der Waals surface area contributed by atoms with Crippen LogP contribution in [-0.2, 0) is 9.59 Å². The first-order chi connectivity index (χ1) is 12.8. The van der Waals surface area contributed by atoms with Gasteiger partial charge < -0.3 is 4.90 Å². The van der Waals surface area contributed by atoms with E-state index in [0.29, 0.717) is 24.4 Å². The minimum absolute atomic E-state index is 0.0498. The number of allylic oxidation sites excluding steroid dienone is 1. The van der Waals surface area contributed by atoms with E-state index < -0.39 is 5.92 Å². The molecule has 4 rings (SSSR count). The predicted octanol–water partition coefficient (Wildman–Crippen LogP) is 5.00. The molecule has 3 heteroatoms. The highest BCUT2D eigenvalue weighted by atomic mass is 16.2. The molecule has 0 aromatic rings. The van der Waals surface area contributed by atoms with Crippen LogP contribution in [0.3, 0.4) is 0 Å². The van der Waals surface area contributed by atoms with Crippen LogP contribution in [0.4, 0.5) is 0 Å². The third-order valence-electron chi connectivity index (χ3n) is 9.18. The molecule has 3 saturated carbocycles. The van der Waals surface area contributed by atoms with Gasteiger partial charge in [0.15, 0.2) is 5.78 Å². The van der Waals surface area contributed by atoms with Crippen LogP contribution >= 0.6 is 0 Å². The lowest BCUT2D eigenvalue weighted by molar-refractivity contribution is -0.143. The zero-order valence-electron chi connectivity index (χ0n) is 17.7. The molecule has 0 aromatic carbocycles. The summed E-state index contributed by atoms with van der Waals surface area (Å²) >= 11 is 0. The van der Waals surface area contributed by atoms with Crippen LogP contribution in [0.2, 0.25) is 0 Å². The van der Waals surface area contributed by atoms with Crippen LogP contribution in [0.1, 0.15) is 79.1 Å². The topological polar surface area (TPSA) is 37.4 Å². The SMILES string of the molecule is CCN(CC)C(=O)C1C[C@@]2(C)C(=CC1=O)CC[C@H]1[C@@H]3CCC[C@@]3(C)CC[C@@H]12. The molecule has 0 N–H and O–H groups in total. The van der Waals surface area contributed by atoms with Gasteiger partial charge in [-0.05, 0) is 93.5 Å². The number of ketones is 1. The zero-order valence-corrected chi connectivity index (χ0v) is 17.7. The van der Waals surface area contributed by atoms with Crippen molar-refractivity contribution in [2.24, 2.45) is 34.5 Å². The van der Waals surface area contributed by atoms with E-state index in [1.54, 1.807) is 0 Å². The summed E-state index contributed by atoms with van der Waals surface area (Å²) in [6.45, 7) is 10.3. The highest BCUT2D eigenvalue weighted by molar-refractivity contribution is 6.08. The first kappa shape index (κ1) is 19.2. The van der Waals surface area contributed by atoms with Crippen LogP contribution in [-0.4, -0.2) is 29.7 Å². The van der Waals surface area contributed by atoms with Crippen molar-refractivity contribution >= 4 is 11.7 Å². The molecule has 0 heterocycles. The van der Waals surface area contributed by atoms with Crippen molar-refractivity contribution in [1.82, 2.24) is 4.90 Å². The number of rotatable bonds is 3. The van der Waals surface area contributed by atoms with E-state index in [-0.39, 0.29) is 17.1 Å². The van der Waals surface area contributed by atoms with E-state index in [0.717, 1.165) is 24.7 Å². The Morgan fingerprint density at radius 3 is 2.56 bits per heavy atom. The van der Waals surface area contributed by atoms with Gasteiger partial charge in [-0.3, -0.25) is 9.59 Å². The van der Waals surface area contributed by atoms with Crippen molar-refractivity contribution in [2.75, 3.05) is 13.1 Å². The zero-order chi connectivity index (χ0) is 19.4. The lowest BCUT2D eigenvalue weighted by Gasteiger charge is -2.58. The maximum Gasteiger partial charge on any atom is 0.233 e. The van der Waals surface area contributed by atoms with Gasteiger partial charge in [-0.15, -0.1) is 0 Å². The largest absolute Gasteiger partial charge is 0.343 e. The minimum atomic E-state index is -0.450. The number of nitrogens with zero attached hydrogens (tertiary/aromatic N) is 1. The van der Waals surface area contributed by atoms with Gasteiger partial charge in [-0.1, -0.05) is 25.8 Å². The summed E-state index contributed by atoms with van der Waals surface area (Å²) in [5.41, 5.74) is 1.97. The number of carbonyl (C=O) groups is 2. The van der Waals surface area contributed by atoms with Crippen LogP contribution in [0.5, 0.6) is 0 Å². The summed E-state index contributed by atoms with van der Waals surface area (Å²) in [7, 11) is 0. The monoisotopic (exact) mass is 371 g/mol. The van der Waals surface area contributed by atoms with Gasteiger partial charge in [0, 0.05) is 13.1 Å². The van der Waals surface area contributed by atoms with Crippen LogP contribution in [0.15, 0.2) is 11.6 Å². The van der Waals surface area contributed by atoms with Crippen molar-refractivity contribution in [3.05, 3.63) is 11.6 Å². The Morgan fingerprint density at radius 1 is 1.11 bits per heavy atom. The third-order valence-corrected chi connectivity index (χ3v) is 9.18. The van der Waals surface area contributed by atoms with E-state index in [9.17, 15) is 9.59 Å². The number of carbonyl (C=O) groups excluding carboxylic acids is 2. The maximum absolute atomic E-state index is 13.1. The van der Waals surface area contributed by atoms with E-state index in [1.807, 2.05) is 24.8 Å². The average Bonchev–Trinajstić information content (AvgIpc) is 3.04. The van der Waals surface area contributed by atoms with Crippen molar-refractivity contribution in [2.45, 2.75) is 79.1 Å². The Morgan fingerprint density at radius 2 is 1.85 bits per heavy atom. The molecule has 0 aliphatic heterocycles. The summed E-state index contributed by atoms with van der Waals surface area (Å²) in [6, 6.07) is 0. The molecule has 0 saturated heterocycles. The van der Waals surface area contributed by atoms with Crippen LogP contribution in [0, 0.1) is 34.5 Å². The number of hydrogen-bond donors (Lipinski definition) is 0. The molecule has 0 bridgehead atoms. The van der Waals surface area contributed by atoms with Crippen molar-refractivity contribution in [3.8, 4) is 0 Å². The number of amides is 1. The fourth-order valence-corrected chi connectivity index (χ4v) is 7.60. The van der Waals surface area contributed by atoms with E-state index >= 15 is 0 Å². The Bertz CT molecular complexity index is 663. The molecular weight excluding hydrogens is 334 g/mol. The second-order valence-corrected chi connectivity index (χ2v) is 10.3. The summed E-state index contributed by atoms with van der Waals surface area (Å²) < 4.78 is 0. The standard InChI is InChI=1S/C24H37NO2/c1-5-25(6-2)22(27)18-15-24(4)16(14-21(18)26)9-10-17-19-8-7-12-23(19,3)13-11-20(17)24/h14,17-20H,5-13,15H2,1-4H3/t17-,18?,19-,20-,23-,24-/m0/s1. The summed E-state index contributed by atoms with van der Waals surface area (Å²) in [5.74, 6) is 2.00. The molecule has 0 spiro atoms. The van der Waals surface area contributed by atoms with Gasteiger partial charge >= 0.3 is 0 Å². The van der Waals surface area contributed by atoms with Gasteiger partial charge in [0.2, 0.25) is 5.91 Å². The summed E-state index contributed by atoms with van der Waals surface area (Å²) in [5, 5.41) is 0. The van der Waals surface area contributed by atoms with Gasteiger partial charge in [-0.2, -0.15) is 0 Å². The van der Waals surface area contributed by atoms with Crippen molar-refractivity contribution in [1.29, 1.82) is 0 Å². The molecule has 3 fully saturated rings. The smallest absolute Gasteiger partial charge is 0.233 e. The first-order valence-electron chi connectivity index (χ1n) is 11.4. The van der Waals surface area contributed by atoms with Gasteiger partial charge in [0.05, 0.1) is 0 Å². The highest BCUT2D eigenvalue weighted by Gasteiger charge is 2.57. The van der Waals surface area contributed by atoms with Crippen LogP contribution in [0.25, 0.3) is 0 Å². The van der Waals surface area contributed by atoms with E-state index in [4.69, 9.17) is 0 Å². The third kappa shape index (κ3) is 2.83. The summed E-state index contributed by atoms with van der Waals surface area (Å²) in [6.07, 6.45) is 11.8. The normalized spacial score (nSPS) is 43.4. The molecule has 4 aliphatic carbocycles. The maximum atomic E-state index is 13.1. The highest BCUT2D eigenvalue weighted by Crippen LogP contribution is 2.65. The molecule has 27 heavy (non-hydrogen) atoms. The van der Waals surface area contributed by atoms with Crippen molar-refractivity contribution in [3.63, 3.8) is 0 Å². The first-order valence-corrected chi connectivity index (χ1v) is 11.4. The molecule has 0 aromatic heterocycles. The Labute approximate surface area is 165 Å².